The maximum absolute atomic E-state index is 5.44. The van der Waals surface area contributed by atoms with Crippen LogP contribution in [-0.4, -0.2) is 37.6 Å². The molecule has 0 spiro atoms. The molecule has 8 nitrogen and oxygen atoms in total. The van der Waals surface area contributed by atoms with E-state index in [9.17, 15) is 0 Å². The molecule has 1 N–H and O–H groups in total. The Morgan fingerprint density at radius 3 is 2.54 bits per heavy atom. The van der Waals surface area contributed by atoms with Gasteiger partial charge in [-0.25, -0.2) is 4.98 Å². The van der Waals surface area contributed by atoms with E-state index in [2.05, 4.69) is 30.5 Å². The minimum absolute atomic E-state index is 0.273. The van der Waals surface area contributed by atoms with Crippen molar-refractivity contribution in [2.75, 3.05) is 7.11 Å². The number of aromatic amines is 1. The summed E-state index contributed by atoms with van der Waals surface area (Å²) in [6.07, 6.45) is 0. The van der Waals surface area contributed by atoms with Crippen molar-refractivity contribution in [3.05, 3.63) is 47.7 Å². The van der Waals surface area contributed by atoms with Crippen molar-refractivity contribution < 1.29 is 9.26 Å². The van der Waals surface area contributed by atoms with Gasteiger partial charge in [0.2, 0.25) is 11.7 Å². The maximum atomic E-state index is 5.44. The van der Waals surface area contributed by atoms with E-state index in [1.54, 1.807) is 7.11 Å². The van der Waals surface area contributed by atoms with Gasteiger partial charge in [0.15, 0.2) is 5.69 Å². The van der Waals surface area contributed by atoms with E-state index in [1.807, 2.05) is 50.2 Å². The second-order valence-electron chi connectivity index (χ2n) is 5.77. The number of nitrogens with one attached hydrogen (secondary N) is 1. The van der Waals surface area contributed by atoms with Crippen molar-refractivity contribution in [1.29, 1.82) is 0 Å². The second-order valence-corrected chi connectivity index (χ2v) is 5.77. The molecule has 0 saturated carbocycles. The summed E-state index contributed by atoms with van der Waals surface area (Å²) >= 11 is 0. The summed E-state index contributed by atoms with van der Waals surface area (Å²) in [5.41, 5.74) is 4.54. The lowest BCUT2D eigenvalue weighted by molar-refractivity contribution is 0.396. The van der Waals surface area contributed by atoms with Crippen molar-refractivity contribution in [2.24, 2.45) is 0 Å². The molecule has 130 valence electrons. The van der Waals surface area contributed by atoms with Gasteiger partial charge >= 0.3 is 0 Å². The molecule has 8 heteroatoms. The van der Waals surface area contributed by atoms with Gasteiger partial charge in [-0.3, -0.25) is 0 Å². The van der Waals surface area contributed by atoms with Crippen LogP contribution in [0.25, 0.3) is 34.2 Å². The molecule has 1 aromatic carbocycles. The predicted octanol–water partition coefficient (Wildman–Crippen LogP) is 3.21. The van der Waals surface area contributed by atoms with Crippen LogP contribution >= 0.6 is 0 Å². The highest BCUT2D eigenvalue weighted by molar-refractivity contribution is 5.74. The van der Waals surface area contributed by atoms with Crippen LogP contribution in [0.3, 0.4) is 0 Å². The molecular formula is C18H16N6O2. The molecule has 3 aromatic heterocycles. The molecule has 0 aliphatic carbocycles. The second kappa shape index (κ2) is 6.40. The molecule has 26 heavy (non-hydrogen) atoms. The summed E-state index contributed by atoms with van der Waals surface area (Å²) in [6, 6.07) is 11.6. The number of methoxy groups -OCH3 is 1. The van der Waals surface area contributed by atoms with Crippen molar-refractivity contribution in [3.63, 3.8) is 0 Å². The highest BCUT2D eigenvalue weighted by atomic mass is 16.5. The standard InChI is InChI=1S/C18H16N6O2/c1-10-9-11(2)19-17(25-3)13(10)16-20-18(26-23-16)15-14(21-24-22-15)12-7-5-4-6-8-12/h4-9H,1-3H3,(H,21,22,24). The Hall–Kier alpha value is -3.55. The van der Waals surface area contributed by atoms with E-state index in [4.69, 9.17) is 9.26 Å². The zero-order valence-corrected chi connectivity index (χ0v) is 14.5. The van der Waals surface area contributed by atoms with Gasteiger partial charge in [0.05, 0.1) is 12.7 Å². The van der Waals surface area contributed by atoms with Gasteiger partial charge in [-0.2, -0.15) is 20.4 Å². The van der Waals surface area contributed by atoms with Crippen LogP contribution in [0.5, 0.6) is 5.88 Å². The quantitative estimate of drug-likeness (QED) is 0.604. The lowest BCUT2D eigenvalue weighted by atomic mass is 10.1. The van der Waals surface area contributed by atoms with E-state index in [1.165, 1.54) is 0 Å². The Kier molecular flexibility index (Phi) is 3.92. The zero-order chi connectivity index (χ0) is 18.1. The van der Waals surface area contributed by atoms with Gasteiger partial charge in [0.25, 0.3) is 5.89 Å². The molecule has 0 aliphatic heterocycles. The van der Waals surface area contributed by atoms with Crippen molar-refractivity contribution in [2.45, 2.75) is 13.8 Å². The summed E-state index contributed by atoms with van der Waals surface area (Å²) in [5.74, 6) is 1.12. The first-order chi connectivity index (χ1) is 12.7. The molecular weight excluding hydrogens is 332 g/mol. The number of pyridine rings is 1. The number of aryl methyl sites for hydroxylation is 2. The van der Waals surface area contributed by atoms with Crippen LogP contribution in [0, 0.1) is 13.8 Å². The number of hydrogen-bond donors (Lipinski definition) is 1. The fraction of sp³-hybridized carbons (Fsp3) is 0.167. The molecule has 0 unspecified atom stereocenters. The highest BCUT2D eigenvalue weighted by Gasteiger charge is 2.22. The van der Waals surface area contributed by atoms with Crippen LogP contribution in [0.4, 0.5) is 0 Å². The minimum Gasteiger partial charge on any atom is -0.480 e. The SMILES string of the molecule is COc1nc(C)cc(C)c1-c1noc(-c2n[nH]nc2-c2ccccc2)n1. The van der Waals surface area contributed by atoms with Gasteiger partial charge < -0.3 is 9.26 Å². The fourth-order valence-corrected chi connectivity index (χ4v) is 2.82. The maximum Gasteiger partial charge on any atom is 0.281 e. The first kappa shape index (κ1) is 15.9. The summed E-state index contributed by atoms with van der Waals surface area (Å²) in [6.45, 7) is 3.86. The monoisotopic (exact) mass is 348 g/mol. The van der Waals surface area contributed by atoms with Crippen LogP contribution in [-0.2, 0) is 0 Å². The molecule has 0 radical (unpaired) electrons. The van der Waals surface area contributed by atoms with Gasteiger partial charge in [-0.15, -0.1) is 0 Å². The van der Waals surface area contributed by atoms with E-state index in [0.29, 0.717) is 28.7 Å². The number of nitrogens with zero attached hydrogens (tertiary/aromatic N) is 5. The van der Waals surface area contributed by atoms with E-state index in [0.717, 1.165) is 16.8 Å². The van der Waals surface area contributed by atoms with Crippen LogP contribution in [0.2, 0.25) is 0 Å². The molecule has 3 heterocycles. The van der Waals surface area contributed by atoms with Crippen molar-refractivity contribution >= 4 is 0 Å². The number of H-pyrrole nitrogens is 1. The Morgan fingerprint density at radius 2 is 1.77 bits per heavy atom. The Labute approximate surface area is 149 Å². The first-order valence-corrected chi connectivity index (χ1v) is 8.00. The molecule has 4 aromatic rings. The fourth-order valence-electron chi connectivity index (χ4n) is 2.82. The lowest BCUT2D eigenvalue weighted by Gasteiger charge is -2.08. The Balaban J connectivity index is 1.79. The summed E-state index contributed by atoms with van der Waals surface area (Å²) in [4.78, 5) is 8.88. The number of ether oxygens (including phenoxy) is 1. The van der Waals surface area contributed by atoms with Crippen LogP contribution < -0.4 is 4.74 Å². The smallest absolute Gasteiger partial charge is 0.281 e. The van der Waals surface area contributed by atoms with Crippen molar-refractivity contribution in [3.8, 4) is 40.1 Å². The Bertz CT molecular complexity index is 1050. The lowest BCUT2D eigenvalue weighted by Crippen LogP contribution is -1.97. The molecule has 0 atom stereocenters. The number of rotatable bonds is 4. The first-order valence-electron chi connectivity index (χ1n) is 8.00. The van der Waals surface area contributed by atoms with E-state index in [-0.39, 0.29) is 5.89 Å². The average Bonchev–Trinajstić information content (AvgIpc) is 3.30. The summed E-state index contributed by atoms with van der Waals surface area (Å²) in [5, 5.41) is 15.1. The topological polar surface area (TPSA) is 103 Å². The normalized spacial score (nSPS) is 10.9. The zero-order valence-electron chi connectivity index (χ0n) is 14.5. The highest BCUT2D eigenvalue weighted by Crippen LogP contribution is 2.33. The molecule has 0 aliphatic rings. The third-order valence-corrected chi connectivity index (χ3v) is 3.95. The third-order valence-electron chi connectivity index (χ3n) is 3.95. The van der Waals surface area contributed by atoms with Crippen molar-refractivity contribution in [1.82, 2.24) is 30.5 Å². The molecule has 0 fully saturated rings. The minimum atomic E-state index is 0.273. The van der Waals surface area contributed by atoms with Crippen LogP contribution in [0.1, 0.15) is 11.3 Å². The van der Waals surface area contributed by atoms with E-state index >= 15 is 0 Å². The third kappa shape index (κ3) is 2.71. The average molecular weight is 348 g/mol. The van der Waals surface area contributed by atoms with Gasteiger partial charge in [-0.1, -0.05) is 35.5 Å². The number of aromatic nitrogens is 6. The summed E-state index contributed by atoms with van der Waals surface area (Å²) in [7, 11) is 1.57. The van der Waals surface area contributed by atoms with Gasteiger partial charge in [0, 0.05) is 11.3 Å². The Morgan fingerprint density at radius 1 is 1.00 bits per heavy atom. The number of hydrogen-bond acceptors (Lipinski definition) is 7. The van der Waals surface area contributed by atoms with E-state index < -0.39 is 0 Å². The molecule has 0 bridgehead atoms. The van der Waals surface area contributed by atoms with Gasteiger partial charge in [-0.05, 0) is 25.5 Å². The predicted molar refractivity (Wildman–Crippen MR) is 94.4 cm³/mol. The molecule has 0 amide bonds. The number of benzene rings is 1. The van der Waals surface area contributed by atoms with Gasteiger partial charge in [0.1, 0.15) is 5.69 Å². The molecule has 0 saturated heterocycles. The molecule has 4 rings (SSSR count). The van der Waals surface area contributed by atoms with Crippen LogP contribution in [0.15, 0.2) is 40.9 Å². The largest absolute Gasteiger partial charge is 0.480 e. The summed E-state index contributed by atoms with van der Waals surface area (Å²) < 4.78 is 10.8.